The lowest BCUT2D eigenvalue weighted by Crippen LogP contribution is -2.28. The molecule has 1 heterocycles. The number of carbonyl (C=O) groups is 3. The Morgan fingerprint density at radius 1 is 0.808 bits per heavy atom. The highest BCUT2D eigenvalue weighted by Crippen LogP contribution is 2.44. The molecule has 7 nitrogen and oxygen atoms in total. The maximum Gasteiger partial charge on any atom is 0.228 e. The van der Waals surface area contributed by atoms with Crippen molar-refractivity contribution in [3.63, 3.8) is 0 Å². The maximum absolute atomic E-state index is 13.1. The topological polar surface area (TPSA) is 95.6 Å². The molecule has 0 aliphatic carbocycles. The Morgan fingerprint density at radius 3 is 1.58 bits per heavy atom. The van der Waals surface area contributed by atoms with Crippen LogP contribution in [0.1, 0.15) is 20.8 Å². The summed E-state index contributed by atoms with van der Waals surface area (Å²) in [6.45, 7) is 4.19. The summed E-state index contributed by atoms with van der Waals surface area (Å²) in [6.07, 6.45) is 0. The van der Waals surface area contributed by atoms with Gasteiger partial charge in [-0.2, -0.15) is 0 Å². The predicted molar refractivity (Wildman–Crippen MR) is 99.0 cm³/mol. The molecule has 2 aromatic carbocycles. The van der Waals surface area contributed by atoms with Crippen molar-refractivity contribution in [2.24, 2.45) is 0 Å². The van der Waals surface area contributed by atoms with Crippen molar-refractivity contribution in [3.05, 3.63) is 36.4 Å². The highest BCUT2D eigenvalue weighted by atomic mass is 32.2. The number of nitrogens with zero attached hydrogens (tertiary/aromatic N) is 1. The fraction of sp³-hybridized carbons (Fsp3) is 0.167. The minimum absolute atomic E-state index is 0.233. The van der Waals surface area contributed by atoms with Crippen LogP contribution in [0.3, 0.4) is 0 Å². The molecule has 0 spiro atoms. The number of benzene rings is 2. The van der Waals surface area contributed by atoms with Gasteiger partial charge < -0.3 is 10.6 Å². The summed E-state index contributed by atoms with van der Waals surface area (Å²) in [7, 11) is -1.57. The molecule has 1 aliphatic rings. The van der Waals surface area contributed by atoms with E-state index < -0.39 is 10.8 Å². The van der Waals surface area contributed by atoms with E-state index in [0.29, 0.717) is 32.5 Å². The molecular formula is C18H17N3O4S. The summed E-state index contributed by atoms with van der Waals surface area (Å²) in [6, 6.07) is 9.82. The number of amides is 3. The first-order chi connectivity index (χ1) is 12.3. The van der Waals surface area contributed by atoms with Crippen LogP contribution < -0.4 is 15.5 Å². The van der Waals surface area contributed by atoms with Crippen LogP contribution in [0.2, 0.25) is 0 Å². The van der Waals surface area contributed by atoms with Crippen molar-refractivity contribution in [3.8, 4) is 0 Å². The Hall–Kier alpha value is -3.00. The standard InChI is InChI=1S/C18H17N3O4S/c1-10(22)19-13-4-6-15-17(8-13)26(25)18-9-14(20-11(2)23)5-7-16(18)21(15)12(3)24/h4-9H,1-3H3,(H,19,22)(H,20,23). The molecule has 0 bridgehead atoms. The average Bonchev–Trinajstić information content (AvgIpc) is 2.54. The fourth-order valence-electron chi connectivity index (χ4n) is 2.84. The molecule has 2 aromatic rings. The lowest BCUT2D eigenvalue weighted by Gasteiger charge is -2.30. The second kappa shape index (κ2) is 6.72. The lowest BCUT2D eigenvalue weighted by molar-refractivity contribution is -0.116. The molecule has 0 atom stereocenters. The van der Waals surface area contributed by atoms with Crippen molar-refractivity contribution in [2.75, 3.05) is 15.5 Å². The van der Waals surface area contributed by atoms with Crippen molar-refractivity contribution in [2.45, 2.75) is 30.6 Å². The van der Waals surface area contributed by atoms with Crippen molar-refractivity contribution in [1.29, 1.82) is 0 Å². The number of hydrogen-bond acceptors (Lipinski definition) is 4. The smallest absolute Gasteiger partial charge is 0.228 e. The Bertz CT molecular complexity index is 901. The predicted octanol–water partition coefficient (Wildman–Crippen LogP) is 2.77. The van der Waals surface area contributed by atoms with E-state index in [1.54, 1.807) is 36.4 Å². The second-order valence-electron chi connectivity index (χ2n) is 5.85. The molecule has 8 heteroatoms. The number of hydrogen-bond donors (Lipinski definition) is 2. The highest BCUT2D eigenvalue weighted by molar-refractivity contribution is 7.85. The molecule has 26 heavy (non-hydrogen) atoms. The van der Waals surface area contributed by atoms with Crippen molar-refractivity contribution >= 4 is 51.3 Å². The van der Waals surface area contributed by atoms with Crippen molar-refractivity contribution in [1.82, 2.24) is 0 Å². The van der Waals surface area contributed by atoms with E-state index in [0.717, 1.165) is 0 Å². The van der Waals surface area contributed by atoms with Gasteiger partial charge in [0.15, 0.2) is 0 Å². The average molecular weight is 371 g/mol. The fourth-order valence-corrected chi connectivity index (χ4v) is 4.25. The molecule has 0 fully saturated rings. The summed E-state index contributed by atoms with van der Waals surface area (Å²) in [4.78, 5) is 37.1. The van der Waals surface area contributed by atoms with Crippen LogP contribution in [0, 0.1) is 0 Å². The third kappa shape index (κ3) is 3.23. The minimum atomic E-state index is -1.57. The van der Waals surface area contributed by atoms with E-state index in [4.69, 9.17) is 0 Å². The molecule has 3 rings (SSSR count). The van der Waals surface area contributed by atoms with Crippen LogP contribution in [0.5, 0.6) is 0 Å². The normalized spacial score (nSPS) is 12.8. The zero-order chi connectivity index (χ0) is 19.0. The lowest BCUT2D eigenvalue weighted by atomic mass is 10.2. The van der Waals surface area contributed by atoms with E-state index in [-0.39, 0.29) is 17.7 Å². The molecule has 0 saturated carbocycles. The maximum atomic E-state index is 13.1. The summed E-state index contributed by atoms with van der Waals surface area (Å²) in [5.74, 6) is -0.727. The van der Waals surface area contributed by atoms with Gasteiger partial charge in [-0.3, -0.25) is 19.3 Å². The molecule has 1 aliphatic heterocycles. The first-order valence-electron chi connectivity index (χ1n) is 7.83. The van der Waals surface area contributed by atoms with Gasteiger partial charge >= 0.3 is 0 Å². The van der Waals surface area contributed by atoms with Gasteiger partial charge in [0.25, 0.3) is 0 Å². The van der Waals surface area contributed by atoms with Crippen LogP contribution >= 0.6 is 0 Å². The molecule has 0 saturated heterocycles. The van der Waals surface area contributed by atoms with E-state index in [1.165, 1.54) is 25.7 Å². The summed E-state index contributed by atoms with van der Waals surface area (Å²) in [5, 5.41) is 5.29. The Labute approximate surface area is 152 Å². The van der Waals surface area contributed by atoms with Crippen LogP contribution in [0.15, 0.2) is 46.2 Å². The summed E-state index contributed by atoms with van der Waals surface area (Å²) < 4.78 is 13.1. The third-order valence-corrected chi connectivity index (χ3v) is 5.21. The SMILES string of the molecule is CC(=O)Nc1ccc2c(c1)S(=O)c1cc(NC(C)=O)ccc1N2C(C)=O. The molecule has 0 aromatic heterocycles. The third-order valence-electron chi connectivity index (χ3n) is 3.76. The van der Waals surface area contributed by atoms with E-state index >= 15 is 0 Å². The first kappa shape index (κ1) is 17.8. The van der Waals surface area contributed by atoms with Gasteiger partial charge in [0, 0.05) is 32.1 Å². The second-order valence-corrected chi connectivity index (χ2v) is 7.27. The quantitative estimate of drug-likeness (QED) is 0.848. The van der Waals surface area contributed by atoms with E-state index in [1.807, 2.05) is 0 Å². The Morgan fingerprint density at radius 2 is 1.23 bits per heavy atom. The van der Waals surface area contributed by atoms with Gasteiger partial charge in [-0.15, -0.1) is 0 Å². The zero-order valence-electron chi connectivity index (χ0n) is 14.5. The van der Waals surface area contributed by atoms with Crippen LogP contribution in [-0.4, -0.2) is 21.9 Å². The molecular weight excluding hydrogens is 354 g/mol. The summed E-state index contributed by atoms with van der Waals surface area (Å²) >= 11 is 0. The number of fused-ring (bicyclic) bond motifs is 2. The van der Waals surface area contributed by atoms with Gasteiger partial charge in [-0.25, -0.2) is 4.21 Å². The number of nitrogens with one attached hydrogen (secondary N) is 2. The number of anilines is 4. The molecule has 2 N–H and O–H groups in total. The number of rotatable bonds is 2. The van der Waals surface area contributed by atoms with Gasteiger partial charge in [0.2, 0.25) is 17.7 Å². The van der Waals surface area contributed by atoms with Gasteiger partial charge in [-0.05, 0) is 36.4 Å². The van der Waals surface area contributed by atoms with E-state index in [2.05, 4.69) is 10.6 Å². The van der Waals surface area contributed by atoms with Gasteiger partial charge in [-0.1, -0.05) is 0 Å². The Balaban J connectivity index is 2.16. The molecule has 134 valence electrons. The Kier molecular flexibility index (Phi) is 4.60. The summed E-state index contributed by atoms with van der Waals surface area (Å²) in [5.41, 5.74) is 2.00. The largest absolute Gasteiger partial charge is 0.326 e. The van der Waals surface area contributed by atoms with Crippen LogP contribution in [-0.2, 0) is 25.2 Å². The highest BCUT2D eigenvalue weighted by Gasteiger charge is 2.31. The van der Waals surface area contributed by atoms with Crippen LogP contribution in [0.4, 0.5) is 22.7 Å². The zero-order valence-corrected chi connectivity index (χ0v) is 15.3. The van der Waals surface area contributed by atoms with Crippen molar-refractivity contribution < 1.29 is 18.6 Å². The van der Waals surface area contributed by atoms with Gasteiger partial charge in [0.1, 0.15) is 0 Å². The van der Waals surface area contributed by atoms with E-state index in [9.17, 15) is 18.6 Å². The molecule has 3 amide bonds. The first-order valence-corrected chi connectivity index (χ1v) is 8.98. The molecule has 0 radical (unpaired) electrons. The molecule has 0 unspecified atom stereocenters. The monoisotopic (exact) mass is 371 g/mol. The van der Waals surface area contributed by atoms with Crippen LogP contribution in [0.25, 0.3) is 0 Å². The van der Waals surface area contributed by atoms with Gasteiger partial charge in [0.05, 0.1) is 32.0 Å². The minimum Gasteiger partial charge on any atom is -0.326 e. The number of carbonyl (C=O) groups excluding carboxylic acids is 3.